The molecule has 0 amide bonds. The van der Waals surface area contributed by atoms with Gasteiger partial charge in [-0.2, -0.15) is 5.10 Å². The molecule has 1 fully saturated rings. The lowest BCUT2D eigenvalue weighted by Gasteiger charge is -2.25. The maximum Gasteiger partial charge on any atom is 0.468 e. The molecule has 3 rings (SSSR count). The van der Waals surface area contributed by atoms with E-state index in [0.29, 0.717) is 5.52 Å². The van der Waals surface area contributed by atoms with E-state index in [1.54, 1.807) is 39.8 Å². The highest BCUT2D eigenvalue weighted by Gasteiger charge is 2.70. The van der Waals surface area contributed by atoms with E-state index in [0.717, 1.165) is 0 Å². The molecule has 3 heterocycles. The Hall–Kier alpha value is -3.76. The fourth-order valence-electron chi connectivity index (χ4n) is 3.67. The fourth-order valence-corrected chi connectivity index (χ4v) is 3.67. The van der Waals surface area contributed by atoms with Crippen molar-refractivity contribution >= 4 is 29.2 Å². The van der Waals surface area contributed by atoms with Crippen LogP contribution in [0.2, 0.25) is 0 Å². The topological polar surface area (TPSA) is 175 Å². The van der Waals surface area contributed by atoms with E-state index < -0.39 is 65.9 Å². The standard InChI is InChI=1S/C24H33N6O7/c1-12(2)20(31)35-17-15(10-34-22(33)23(5,6)26)37-24(27-7,18(17)36-21(32)13(3)4)16-9-8-14-19(25)28-11-29-30(14)16/h7-9,11-13,15,17-18H,10,26H2,1-6H3,(H2,25,28,29)/q+1/t15-,17-,18-,24+/m1/s1. The molecule has 37 heavy (non-hydrogen) atoms. The molecule has 2 aromatic rings. The van der Waals surface area contributed by atoms with Crippen molar-refractivity contribution in [1.82, 2.24) is 14.6 Å². The second-order valence-corrected chi connectivity index (χ2v) is 10.0. The molecular weight excluding hydrogens is 484 g/mol. The lowest BCUT2D eigenvalue weighted by molar-refractivity contribution is -0.174. The number of carbonyl (C=O) groups is 3. The summed E-state index contributed by atoms with van der Waals surface area (Å²) in [7, 11) is 0. The summed E-state index contributed by atoms with van der Waals surface area (Å²) >= 11 is 0. The summed E-state index contributed by atoms with van der Waals surface area (Å²) in [5, 5.41) is 4.21. The van der Waals surface area contributed by atoms with Crippen LogP contribution in [0.25, 0.3) is 10.4 Å². The molecule has 13 heteroatoms. The van der Waals surface area contributed by atoms with E-state index in [-0.39, 0.29) is 11.5 Å². The number of rotatable bonds is 8. The van der Waals surface area contributed by atoms with Crippen LogP contribution in [0.5, 0.6) is 0 Å². The van der Waals surface area contributed by atoms with Crippen LogP contribution in [0.15, 0.2) is 18.5 Å². The molecule has 0 bridgehead atoms. The maximum atomic E-state index is 12.8. The number of aromatic nitrogens is 3. The maximum absolute atomic E-state index is 12.8. The van der Waals surface area contributed by atoms with Gasteiger partial charge >= 0.3 is 23.6 Å². The van der Waals surface area contributed by atoms with Crippen LogP contribution >= 0.6 is 0 Å². The molecule has 0 saturated carbocycles. The van der Waals surface area contributed by atoms with Crippen molar-refractivity contribution in [3.05, 3.63) is 29.0 Å². The molecule has 0 radical (unpaired) electrons. The van der Waals surface area contributed by atoms with Gasteiger partial charge in [-0.1, -0.05) is 27.7 Å². The van der Waals surface area contributed by atoms with Gasteiger partial charge in [-0.3, -0.25) is 19.1 Å². The first kappa shape index (κ1) is 27.8. The molecule has 0 spiro atoms. The van der Waals surface area contributed by atoms with Crippen molar-refractivity contribution in [1.29, 1.82) is 0 Å². The molecule has 1 aliphatic rings. The largest absolute Gasteiger partial charge is 0.468 e. The number of nitrogens with two attached hydrogens (primary N) is 2. The Morgan fingerprint density at radius 1 is 1.19 bits per heavy atom. The zero-order chi connectivity index (χ0) is 27.7. The van der Waals surface area contributed by atoms with Gasteiger partial charge in [0.15, 0.2) is 17.6 Å². The van der Waals surface area contributed by atoms with E-state index in [9.17, 15) is 14.4 Å². The van der Waals surface area contributed by atoms with Gasteiger partial charge in [0.1, 0.15) is 30.1 Å². The minimum atomic E-state index is -1.92. The van der Waals surface area contributed by atoms with Crippen molar-refractivity contribution in [3.63, 3.8) is 0 Å². The van der Waals surface area contributed by atoms with Gasteiger partial charge in [0.05, 0.1) is 11.8 Å². The summed E-state index contributed by atoms with van der Waals surface area (Å²) in [5.41, 5.74) is 9.24. The normalized spacial score (nSPS) is 23.7. The van der Waals surface area contributed by atoms with Crippen molar-refractivity contribution in [2.45, 2.75) is 71.1 Å². The minimum absolute atomic E-state index is 0.167. The summed E-state index contributed by atoms with van der Waals surface area (Å²) in [5.74, 6) is -2.86. The van der Waals surface area contributed by atoms with Gasteiger partial charge in [0, 0.05) is 0 Å². The second kappa shape index (κ2) is 10.3. The van der Waals surface area contributed by atoms with E-state index in [2.05, 4.69) is 14.9 Å². The number of hydrogen-bond acceptors (Lipinski definition) is 11. The van der Waals surface area contributed by atoms with Crippen molar-refractivity contribution in [2.24, 2.45) is 17.6 Å². The van der Waals surface area contributed by atoms with E-state index >= 15 is 0 Å². The molecule has 0 aromatic carbocycles. The summed E-state index contributed by atoms with van der Waals surface area (Å²) in [6.45, 7) is 15.0. The molecule has 13 nitrogen and oxygen atoms in total. The predicted molar refractivity (Wildman–Crippen MR) is 131 cm³/mol. The van der Waals surface area contributed by atoms with Crippen molar-refractivity contribution in [3.8, 4) is 6.57 Å². The Kier molecular flexibility index (Phi) is 7.75. The summed E-state index contributed by atoms with van der Waals surface area (Å²) in [6, 6.07) is 3.19. The van der Waals surface area contributed by atoms with Crippen LogP contribution in [-0.4, -0.2) is 63.0 Å². The Morgan fingerprint density at radius 3 is 2.38 bits per heavy atom. The molecule has 200 valence electrons. The summed E-state index contributed by atoms with van der Waals surface area (Å²) in [6.07, 6.45) is -2.56. The predicted octanol–water partition coefficient (Wildman–Crippen LogP) is 1.24. The SMILES string of the molecule is C#[N+][C@@]1(c2ccc3c(N)ncnn23)O[C@H](COC(=O)C(C)(C)N)[C@@H](OC(=O)C(C)C)[C@H]1OC(=O)C(C)C. The Balaban J connectivity index is 2.16. The first-order valence-electron chi connectivity index (χ1n) is 11.8. The molecule has 1 aliphatic heterocycles. The van der Waals surface area contributed by atoms with Gasteiger partial charge < -0.3 is 25.7 Å². The van der Waals surface area contributed by atoms with Gasteiger partial charge in [-0.05, 0) is 30.8 Å². The Morgan fingerprint density at radius 2 is 1.81 bits per heavy atom. The van der Waals surface area contributed by atoms with Crippen LogP contribution in [0.1, 0.15) is 47.2 Å². The van der Waals surface area contributed by atoms with Crippen LogP contribution in [-0.2, 0) is 39.1 Å². The zero-order valence-electron chi connectivity index (χ0n) is 21.7. The average molecular weight is 518 g/mol. The molecule has 0 unspecified atom stereocenters. The number of carbonyl (C=O) groups excluding carboxylic acids is 3. The van der Waals surface area contributed by atoms with Crippen LogP contribution in [0.3, 0.4) is 0 Å². The lowest BCUT2D eigenvalue weighted by Crippen LogP contribution is -2.47. The third-order valence-corrected chi connectivity index (χ3v) is 5.77. The number of ether oxygens (including phenoxy) is 4. The second-order valence-electron chi connectivity index (χ2n) is 10.0. The number of fused-ring (bicyclic) bond motifs is 1. The van der Waals surface area contributed by atoms with Crippen LogP contribution in [0, 0.1) is 18.4 Å². The number of hydrogen-bond donors (Lipinski definition) is 2. The highest BCUT2D eigenvalue weighted by atomic mass is 16.7. The minimum Gasteiger partial charge on any atom is -0.461 e. The zero-order valence-corrected chi connectivity index (χ0v) is 21.7. The molecular formula is C24H33N6O7+. The van der Waals surface area contributed by atoms with Crippen molar-refractivity contribution < 1.29 is 33.3 Å². The lowest BCUT2D eigenvalue weighted by atomic mass is 9.99. The monoisotopic (exact) mass is 517 g/mol. The molecule has 4 atom stereocenters. The summed E-state index contributed by atoms with van der Waals surface area (Å²) in [4.78, 5) is 45.9. The number of anilines is 1. The molecule has 1 saturated heterocycles. The van der Waals surface area contributed by atoms with Crippen molar-refractivity contribution in [2.75, 3.05) is 12.3 Å². The Bertz CT molecular complexity index is 1230. The first-order chi connectivity index (χ1) is 17.2. The summed E-state index contributed by atoms with van der Waals surface area (Å²) < 4.78 is 24.6. The quantitative estimate of drug-likeness (QED) is 0.381. The fraction of sp³-hybridized carbons (Fsp3) is 0.583. The Labute approximate surface area is 214 Å². The average Bonchev–Trinajstić information content (AvgIpc) is 3.38. The van der Waals surface area contributed by atoms with Gasteiger partial charge in [0.25, 0.3) is 12.7 Å². The highest BCUT2D eigenvalue weighted by molar-refractivity contribution is 5.79. The van der Waals surface area contributed by atoms with E-state index in [1.165, 1.54) is 24.7 Å². The van der Waals surface area contributed by atoms with Gasteiger partial charge in [0.2, 0.25) is 0 Å². The highest BCUT2D eigenvalue weighted by Crippen LogP contribution is 2.45. The molecule has 0 aliphatic carbocycles. The van der Waals surface area contributed by atoms with E-state index in [1.807, 2.05) is 0 Å². The van der Waals surface area contributed by atoms with Crippen LogP contribution in [0.4, 0.5) is 5.82 Å². The van der Waals surface area contributed by atoms with Crippen LogP contribution < -0.4 is 11.5 Å². The number of nitrogen functional groups attached to an aromatic ring is 1. The molecule has 2 aromatic heterocycles. The van der Waals surface area contributed by atoms with Gasteiger partial charge in [-0.15, -0.1) is 0 Å². The third kappa shape index (κ3) is 5.35. The van der Waals surface area contributed by atoms with Gasteiger partial charge in [-0.25, -0.2) is 9.50 Å². The smallest absolute Gasteiger partial charge is 0.461 e. The molecule has 4 N–H and O–H groups in total. The number of esters is 3. The third-order valence-electron chi connectivity index (χ3n) is 5.77. The van der Waals surface area contributed by atoms with E-state index in [4.69, 9.17) is 37.0 Å². The first-order valence-corrected chi connectivity index (χ1v) is 11.8. The number of nitrogens with zero attached hydrogens (tertiary/aromatic N) is 4.